The summed E-state index contributed by atoms with van der Waals surface area (Å²) >= 11 is 1.31. The maximum Gasteiger partial charge on any atom is 0.339 e. The summed E-state index contributed by atoms with van der Waals surface area (Å²) < 4.78 is 4.85. The second-order valence-corrected chi connectivity index (χ2v) is 10.6. The third kappa shape index (κ3) is 6.58. The number of methoxy groups -OCH3 is 1. The fourth-order valence-corrected chi connectivity index (χ4v) is 5.66. The molecule has 0 bridgehead atoms. The molecule has 0 saturated carbocycles. The molecule has 5 rings (SSSR count). The molecule has 0 aliphatic rings. The van der Waals surface area contributed by atoms with Crippen LogP contribution in [0, 0.1) is 0 Å². The number of rotatable bonds is 9. The highest BCUT2D eigenvalue weighted by Gasteiger charge is 2.24. The van der Waals surface area contributed by atoms with E-state index in [1.54, 1.807) is 78.9 Å². The molecule has 214 valence electrons. The molecular formula is C34H26N2O6S. The van der Waals surface area contributed by atoms with Gasteiger partial charge >= 0.3 is 11.9 Å². The number of para-hydroxylation sites is 1. The summed E-state index contributed by atoms with van der Waals surface area (Å²) in [4.78, 5) is 51.6. The Morgan fingerprint density at radius 2 is 1.33 bits per heavy atom. The molecule has 0 aliphatic carbocycles. The van der Waals surface area contributed by atoms with Gasteiger partial charge in [0.2, 0.25) is 5.91 Å². The zero-order valence-corrected chi connectivity index (χ0v) is 23.8. The van der Waals surface area contributed by atoms with Gasteiger partial charge in [-0.2, -0.15) is 0 Å². The van der Waals surface area contributed by atoms with Gasteiger partial charge in [0.05, 0.1) is 23.9 Å². The van der Waals surface area contributed by atoms with Crippen LogP contribution in [0.3, 0.4) is 0 Å². The van der Waals surface area contributed by atoms with E-state index >= 15 is 0 Å². The largest absolute Gasteiger partial charge is 0.478 e. The average Bonchev–Trinajstić information content (AvgIpc) is 3.04. The van der Waals surface area contributed by atoms with Crippen LogP contribution in [0.4, 0.5) is 11.4 Å². The number of hydrogen-bond donors (Lipinski definition) is 3. The molecule has 1 unspecified atom stereocenters. The first kappa shape index (κ1) is 29.1. The van der Waals surface area contributed by atoms with Crippen LogP contribution in [0.2, 0.25) is 0 Å². The minimum absolute atomic E-state index is 0.0504. The summed E-state index contributed by atoms with van der Waals surface area (Å²) in [6.07, 6.45) is 0. The first-order chi connectivity index (χ1) is 20.9. The third-order valence-corrected chi connectivity index (χ3v) is 7.94. The van der Waals surface area contributed by atoms with E-state index in [0.717, 1.165) is 10.5 Å². The Bertz CT molecular complexity index is 1820. The minimum atomic E-state index is -1.11. The highest BCUT2D eigenvalue weighted by Crippen LogP contribution is 2.37. The molecule has 3 N–H and O–H groups in total. The lowest BCUT2D eigenvalue weighted by Gasteiger charge is -2.18. The Hall–Kier alpha value is -5.41. The van der Waals surface area contributed by atoms with Crippen molar-refractivity contribution < 1.29 is 29.0 Å². The highest BCUT2D eigenvalue weighted by molar-refractivity contribution is 8.00. The normalized spacial score (nSPS) is 11.4. The van der Waals surface area contributed by atoms with Crippen molar-refractivity contribution in [1.29, 1.82) is 0 Å². The van der Waals surface area contributed by atoms with Crippen LogP contribution in [-0.4, -0.2) is 36.0 Å². The molecule has 8 nitrogen and oxygen atoms in total. The fraction of sp³-hybridized carbons (Fsp3) is 0.0588. The molecule has 1 atom stereocenters. The third-order valence-electron chi connectivity index (χ3n) is 6.68. The zero-order valence-electron chi connectivity index (χ0n) is 22.9. The van der Waals surface area contributed by atoms with Crippen LogP contribution in [0.1, 0.15) is 41.9 Å². The van der Waals surface area contributed by atoms with Crippen LogP contribution in [0.25, 0.3) is 10.8 Å². The predicted molar refractivity (Wildman–Crippen MR) is 167 cm³/mol. The van der Waals surface area contributed by atoms with Gasteiger partial charge in [0.25, 0.3) is 5.91 Å². The van der Waals surface area contributed by atoms with Gasteiger partial charge in [0.15, 0.2) is 0 Å². The number of anilines is 2. The summed E-state index contributed by atoms with van der Waals surface area (Å²) in [5.41, 5.74) is 2.17. The molecule has 0 heterocycles. The van der Waals surface area contributed by atoms with E-state index in [9.17, 15) is 24.3 Å². The lowest BCUT2D eigenvalue weighted by molar-refractivity contribution is -0.115. The maximum absolute atomic E-state index is 13.5. The van der Waals surface area contributed by atoms with Crippen molar-refractivity contribution in [3.63, 3.8) is 0 Å². The Labute approximate surface area is 251 Å². The van der Waals surface area contributed by atoms with Gasteiger partial charge < -0.3 is 20.5 Å². The van der Waals surface area contributed by atoms with Crippen molar-refractivity contribution in [3.05, 3.63) is 138 Å². The molecule has 5 aromatic rings. The fourth-order valence-electron chi connectivity index (χ4n) is 4.64. The smallest absolute Gasteiger partial charge is 0.339 e. The summed E-state index contributed by atoms with van der Waals surface area (Å²) in [6, 6.07) is 32.9. The number of carbonyl (C=O) groups is 4. The van der Waals surface area contributed by atoms with Crippen molar-refractivity contribution in [2.24, 2.45) is 0 Å². The van der Waals surface area contributed by atoms with Gasteiger partial charge in [-0.15, -0.1) is 11.8 Å². The molecule has 0 aliphatic heterocycles. The molecule has 0 radical (unpaired) electrons. The lowest BCUT2D eigenvalue weighted by Crippen LogP contribution is -2.20. The van der Waals surface area contributed by atoms with Crippen LogP contribution in [0.5, 0.6) is 0 Å². The number of fused-ring (bicyclic) bond motifs is 1. The number of carbonyl (C=O) groups excluding carboxylic acids is 3. The van der Waals surface area contributed by atoms with E-state index in [1.165, 1.54) is 24.9 Å². The number of carboxylic acid groups (broad SMARTS) is 1. The number of carboxylic acids is 1. The van der Waals surface area contributed by atoms with Crippen molar-refractivity contribution in [2.45, 2.75) is 10.1 Å². The number of benzene rings is 5. The Balaban J connectivity index is 1.36. The average molecular weight is 591 g/mol. The monoisotopic (exact) mass is 590 g/mol. The molecule has 0 aromatic heterocycles. The number of aromatic carboxylic acids is 1. The van der Waals surface area contributed by atoms with Crippen molar-refractivity contribution in [2.75, 3.05) is 17.7 Å². The van der Waals surface area contributed by atoms with Crippen molar-refractivity contribution in [1.82, 2.24) is 0 Å². The van der Waals surface area contributed by atoms with Crippen molar-refractivity contribution >= 4 is 57.7 Å². The lowest BCUT2D eigenvalue weighted by atomic mass is 9.98. The number of hydrogen-bond acceptors (Lipinski definition) is 6. The van der Waals surface area contributed by atoms with Gasteiger partial charge in [0, 0.05) is 21.5 Å². The van der Waals surface area contributed by atoms with Crippen molar-refractivity contribution in [3.8, 4) is 0 Å². The highest BCUT2D eigenvalue weighted by atomic mass is 32.2. The summed E-state index contributed by atoms with van der Waals surface area (Å²) in [7, 11) is 1.28. The first-order valence-electron chi connectivity index (χ1n) is 13.2. The van der Waals surface area contributed by atoms with E-state index in [0.29, 0.717) is 22.1 Å². The van der Waals surface area contributed by atoms with Crippen LogP contribution < -0.4 is 10.6 Å². The molecule has 5 aromatic carbocycles. The van der Waals surface area contributed by atoms with Crippen LogP contribution in [0.15, 0.2) is 120 Å². The molecule has 2 amide bonds. The van der Waals surface area contributed by atoms with E-state index in [-0.39, 0.29) is 22.6 Å². The van der Waals surface area contributed by atoms with E-state index < -0.39 is 23.1 Å². The topological polar surface area (TPSA) is 122 Å². The molecule has 0 fully saturated rings. The zero-order chi connectivity index (χ0) is 30.3. The summed E-state index contributed by atoms with van der Waals surface area (Å²) in [5.74, 6) is -2.43. The number of ether oxygens (including phenoxy) is 1. The maximum atomic E-state index is 13.5. The first-order valence-corrected chi connectivity index (χ1v) is 14.1. The molecule has 43 heavy (non-hydrogen) atoms. The Morgan fingerprint density at radius 1 is 0.698 bits per heavy atom. The van der Waals surface area contributed by atoms with E-state index in [1.807, 2.05) is 30.3 Å². The van der Waals surface area contributed by atoms with Gasteiger partial charge in [-0.1, -0.05) is 66.7 Å². The second-order valence-electron chi connectivity index (χ2n) is 9.43. The summed E-state index contributed by atoms with van der Waals surface area (Å²) in [6.45, 7) is 0. The molecule has 0 spiro atoms. The van der Waals surface area contributed by atoms with Crippen LogP contribution >= 0.6 is 11.8 Å². The number of amides is 2. The standard InChI is InChI=1S/C34H26N2O6S/c1-42-34(41)25-13-5-6-16-28(25)36-32(38)30(22-9-3-2-4-10-22)43-24-19-17-23(18-20-24)35-31(37)26-14-7-11-21-12-8-15-27(29(21)26)33(39)40/h2-20,30H,1H3,(H,35,37)(H,36,38)(H,39,40). The van der Waals surface area contributed by atoms with E-state index in [4.69, 9.17) is 4.74 Å². The predicted octanol–water partition coefficient (Wildman–Crippen LogP) is 7.05. The van der Waals surface area contributed by atoms with Gasteiger partial charge in [-0.05, 0) is 59.5 Å². The number of thioether (sulfide) groups is 1. The molecule has 9 heteroatoms. The SMILES string of the molecule is COC(=O)c1ccccc1NC(=O)C(Sc1ccc(NC(=O)c2cccc3cccc(C(=O)O)c23)cc1)c1ccccc1. The summed E-state index contributed by atoms with van der Waals surface area (Å²) in [5, 5.41) is 15.7. The Morgan fingerprint density at radius 3 is 2.00 bits per heavy atom. The quantitative estimate of drug-likeness (QED) is 0.124. The molecule has 0 saturated heterocycles. The van der Waals surface area contributed by atoms with Gasteiger partial charge in [-0.3, -0.25) is 9.59 Å². The Kier molecular flexibility index (Phi) is 8.83. The second kappa shape index (κ2) is 13.1. The number of esters is 1. The van der Waals surface area contributed by atoms with E-state index in [2.05, 4.69) is 10.6 Å². The molecular weight excluding hydrogens is 564 g/mol. The van der Waals surface area contributed by atoms with Crippen LogP contribution in [-0.2, 0) is 9.53 Å². The van der Waals surface area contributed by atoms with Gasteiger partial charge in [0.1, 0.15) is 5.25 Å². The van der Waals surface area contributed by atoms with Gasteiger partial charge in [-0.25, -0.2) is 9.59 Å². The number of nitrogens with one attached hydrogen (secondary N) is 2. The minimum Gasteiger partial charge on any atom is -0.478 e.